The minimum atomic E-state index is 0.379. The Hall–Kier alpha value is -1.26. The molecule has 1 saturated heterocycles. The van der Waals surface area contributed by atoms with Crippen molar-refractivity contribution in [1.82, 2.24) is 5.32 Å². The molecule has 0 saturated carbocycles. The van der Waals surface area contributed by atoms with Crippen molar-refractivity contribution < 1.29 is 14.2 Å². The standard InChI is InChI=1S/C15H23NO3/c1-3-18-14-7-6-12(9-15(14)17-2)10-16-11-13-5-4-8-19-13/h6-7,9,13,16H,3-5,8,10-11H2,1-2H3. The predicted octanol–water partition coefficient (Wildman–Crippen LogP) is 2.36. The SMILES string of the molecule is CCOc1ccc(CNCC2CCCO2)cc1OC. The summed E-state index contributed by atoms with van der Waals surface area (Å²) in [5, 5.41) is 3.43. The Morgan fingerprint density at radius 1 is 1.37 bits per heavy atom. The van der Waals surface area contributed by atoms with E-state index >= 15 is 0 Å². The molecule has 0 radical (unpaired) electrons. The lowest BCUT2D eigenvalue weighted by Crippen LogP contribution is -2.25. The summed E-state index contributed by atoms with van der Waals surface area (Å²) in [6.45, 7) is 5.25. The summed E-state index contributed by atoms with van der Waals surface area (Å²) in [6, 6.07) is 6.05. The zero-order valence-corrected chi connectivity index (χ0v) is 11.8. The van der Waals surface area contributed by atoms with Crippen LogP contribution in [-0.2, 0) is 11.3 Å². The van der Waals surface area contributed by atoms with Crippen molar-refractivity contribution in [2.45, 2.75) is 32.4 Å². The van der Waals surface area contributed by atoms with Crippen LogP contribution in [-0.4, -0.2) is 33.0 Å². The number of methoxy groups -OCH3 is 1. The first-order valence-corrected chi connectivity index (χ1v) is 6.95. The van der Waals surface area contributed by atoms with Gasteiger partial charge in [0.1, 0.15) is 0 Å². The number of rotatable bonds is 7. The number of hydrogen-bond donors (Lipinski definition) is 1. The fourth-order valence-corrected chi connectivity index (χ4v) is 2.28. The summed E-state index contributed by atoms with van der Waals surface area (Å²) >= 11 is 0. The van der Waals surface area contributed by atoms with E-state index in [0.29, 0.717) is 12.7 Å². The molecule has 19 heavy (non-hydrogen) atoms. The highest BCUT2D eigenvalue weighted by atomic mass is 16.5. The third-order valence-electron chi connectivity index (χ3n) is 3.25. The van der Waals surface area contributed by atoms with E-state index in [1.165, 1.54) is 18.4 Å². The minimum absolute atomic E-state index is 0.379. The monoisotopic (exact) mass is 265 g/mol. The Kier molecular flexibility index (Phi) is 5.48. The molecule has 0 amide bonds. The predicted molar refractivity (Wildman–Crippen MR) is 74.8 cm³/mol. The summed E-state index contributed by atoms with van der Waals surface area (Å²) in [5.74, 6) is 1.59. The maximum absolute atomic E-state index is 5.58. The second-order valence-corrected chi connectivity index (χ2v) is 4.68. The largest absolute Gasteiger partial charge is 0.493 e. The van der Waals surface area contributed by atoms with Crippen molar-refractivity contribution >= 4 is 0 Å². The molecule has 0 spiro atoms. The van der Waals surface area contributed by atoms with E-state index in [1.54, 1.807) is 7.11 Å². The summed E-state index contributed by atoms with van der Waals surface area (Å²) in [7, 11) is 1.67. The highest BCUT2D eigenvalue weighted by Gasteiger charge is 2.14. The van der Waals surface area contributed by atoms with E-state index in [1.807, 2.05) is 19.1 Å². The van der Waals surface area contributed by atoms with Gasteiger partial charge in [0, 0.05) is 19.7 Å². The fourth-order valence-electron chi connectivity index (χ4n) is 2.28. The molecule has 4 nitrogen and oxygen atoms in total. The minimum Gasteiger partial charge on any atom is -0.493 e. The Morgan fingerprint density at radius 3 is 2.95 bits per heavy atom. The highest BCUT2D eigenvalue weighted by Crippen LogP contribution is 2.27. The van der Waals surface area contributed by atoms with Crippen LogP contribution >= 0.6 is 0 Å². The van der Waals surface area contributed by atoms with E-state index in [0.717, 1.165) is 31.2 Å². The Labute approximate surface area is 115 Å². The zero-order valence-electron chi connectivity index (χ0n) is 11.8. The van der Waals surface area contributed by atoms with Crippen LogP contribution in [0.1, 0.15) is 25.3 Å². The quantitative estimate of drug-likeness (QED) is 0.821. The van der Waals surface area contributed by atoms with Gasteiger partial charge in [0.25, 0.3) is 0 Å². The van der Waals surface area contributed by atoms with Crippen molar-refractivity contribution in [3.8, 4) is 11.5 Å². The van der Waals surface area contributed by atoms with E-state index < -0.39 is 0 Å². The first-order chi connectivity index (χ1) is 9.33. The summed E-state index contributed by atoms with van der Waals surface area (Å²) in [6.07, 6.45) is 2.73. The number of ether oxygens (including phenoxy) is 3. The van der Waals surface area contributed by atoms with Crippen LogP contribution in [0.25, 0.3) is 0 Å². The zero-order chi connectivity index (χ0) is 13.5. The van der Waals surface area contributed by atoms with Gasteiger partial charge in [-0.2, -0.15) is 0 Å². The number of hydrogen-bond acceptors (Lipinski definition) is 4. The van der Waals surface area contributed by atoms with Crippen LogP contribution < -0.4 is 14.8 Å². The van der Waals surface area contributed by atoms with Crippen LogP contribution in [0.3, 0.4) is 0 Å². The Bertz CT molecular complexity index is 389. The summed E-state index contributed by atoms with van der Waals surface area (Å²) in [4.78, 5) is 0. The molecule has 1 atom stereocenters. The molecule has 4 heteroatoms. The van der Waals surface area contributed by atoms with Crippen LogP contribution in [0.2, 0.25) is 0 Å². The molecule has 106 valence electrons. The van der Waals surface area contributed by atoms with E-state index in [9.17, 15) is 0 Å². The van der Waals surface area contributed by atoms with Gasteiger partial charge < -0.3 is 19.5 Å². The van der Waals surface area contributed by atoms with Crippen molar-refractivity contribution in [2.75, 3.05) is 26.9 Å². The Balaban J connectivity index is 1.85. The smallest absolute Gasteiger partial charge is 0.161 e. The number of nitrogens with one attached hydrogen (secondary N) is 1. The maximum atomic E-state index is 5.58. The first-order valence-electron chi connectivity index (χ1n) is 6.95. The van der Waals surface area contributed by atoms with E-state index in [-0.39, 0.29) is 0 Å². The molecule has 1 aromatic rings. The van der Waals surface area contributed by atoms with Gasteiger partial charge in [0.2, 0.25) is 0 Å². The van der Waals surface area contributed by atoms with Crippen molar-refractivity contribution in [2.24, 2.45) is 0 Å². The van der Waals surface area contributed by atoms with Crippen molar-refractivity contribution in [1.29, 1.82) is 0 Å². The topological polar surface area (TPSA) is 39.7 Å². The second-order valence-electron chi connectivity index (χ2n) is 4.68. The van der Waals surface area contributed by atoms with Gasteiger partial charge >= 0.3 is 0 Å². The molecule has 0 bridgehead atoms. The van der Waals surface area contributed by atoms with Crippen LogP contribution in [0, 0.1) is 0 Å². The molecule has 1 aliphatic heterocycles. The van der Waals surface area contributed by atoms with Gasteiger partial charge in [-0.1, -0.05) is 6.07 Å². The summed E-state index contributed by atoms with van der Waals surface area (Å²) < 4.78 is 16.4. The molecule has 1 unspecified atom stereocenters. The van der Waals surface area contributed by atoms with Gasteiger partial charge in [-0.15, -0.1) is 0 Å². The molecule has 1 fully saturated rings. The molecule has 0 aromatic heterocycles. The van der Waals surface area contributed by atoms with Gasteiger partial charge in [0.15, 0.2) is 11.5 Å². The fraction of sp³-hybridized carbons (Fsp3) is 0.600. The van der Waals surface area contributed by atoms with Gasteiger partial charge in [-0.3, -0.25) is 0 Å². The number of benzene rings is 1. The molecular weight excluding hydrogens is 242 g/mol. The lowest BCUT2D eigenvalue weighted by molar-refractivity contribution is 0.110. The lowest BCUT2D eigenvalue weighted by atomic mass is 10.2. The van der Waals surface area contributed by atoms with E-state index in [2.05, 4.69) is 11.4 Å². The third kappa shape index (κ3) is 4.11. The Morgan fingerprint density at radius 2 is 2.26 bits per heavy atom. The highest BCUT2D eigenvalue weighted by molar-refractivity contribution is 5.42. The van der Waals surface area contributed by atoms with Crippen LogP contribution in [0.4, 0.5) is 0 Å². The van der Waals surface area contributed by atoms with Gasteiger partial charge in [-0.05, 0) is 37.5 Å². The molecular formula is C15H23NO3. The molecule has 2 rings (SSSR count). The maximum Gasteiger partial charge on any atom is 0.161 e. The first kappa shape index (κ1) is 14.2. The lowest BCUT2D eigenvalue weighted by Gasteiger charge is -2.13. The third-order valence-corrected chi connectivity index (χ3v) is 3.25. The normalized spacial score (nSPS) is 18.5. The second kappa shape index (κ2) is 7.36. The van der Waals surface area contributed by atoms with Crippen LogP contribution in [0.5, 0.6) is 11.5 Å². The average molecular weight is 265 g/mol. The molecule has 1 heterocycles. The average Bonchev–Trinajstić information content (AvgIpc) is 2.94. The van der Waals surface area contributed by atoms with Crippen molar-refractivity contribution in [3.63, 3.8) is 0 Å². The summed E-state index contributed by atoms with van der Waals surface area (Å²) in [5.41, 5.74) is 1.19. The molecule has 1 N–H and O–H groups in total. The van der Waals surface area contributed by atoms with Crippen LogP contribution in [0.15, 0.2) is 18.2 Å². The molecule has 1 aromatic carbocycles. The van der Waals surface area contributed by atoms with Gasteiger partial charge in [-0.25, -0.2) is 0 Å². The van der Waals surface area contributed by atoms with Gasteiger partial charge in [0.05, 0.1) is 19.8 Å². The molecule has 1 aliphatic rings. The van der Waals surface area contributed by atoms with Crippen molar-refractivity contribution in [3.05, 3.63) is 23.8 Å². The van der Waals surface area contributed by atoms with E-state index in [4.69, 9.17) is 14.2 Å². The molecule has 0 aliphatic carbocycles.